The third kappa shape index (κ3) is 5.83. The van der Waals surface area contributed by atoms with E-state index in [2.05, 4.69) is 27.5 Å². The maximum absolute atomic E-state index is 14.5. The van der Waals surface area contributed by atoms with Crippen LogP contribution in [0.2, 0.25) is 0 Å². The number of anilines is 3. The number of aromatic nitrogens is 2. The van der Waals surface area contributed by atoms with Gasteiger partial charge in [0.05, 0.1) is 17.1 Å². The maximum atomic E-state index is 14.5. The summed E-state index contributed by atoms with van der Waals surface area (Å²) < 4.78 is 29.9. The summed E-state index contributed by atoms with van der Waals surface area (Å²) >= 11 is 0. The molecule has 0 radical (unpaired) electrons. The summed E-state index contributed by atoms with van der Waals surface area (Å²) in [5, 5.41) is 28.4. The number of benzene rings is 1. The van der Waals surface area contributed by atoms with Crippen LogP contribution in [0.15, 0.2) is 30.6 Å². The minimum atomic E-state index is -0.823. The van der Waals surface area contributed by atoms with Gasteiger partial charge in [0.1, 0.15) is 23.1 Å². The molecule has 7 nitrogen and oxygen atoms in total. The lowest BCUT2D eigenvalue weighted by Gasteiger charge is -2.27. The number of nitrogens with zero attached hydrogens (tertiary/aromatic N) is 2. The number of hydrogen-bond donors (Lipinski definition) is 5. The molecule has 4 rings (SSSR count). The Hall–Kier alpha value is -2.94. The SMILES string of the molecule is C=C(Nc1c(C=N)nc(Nc2ccc(F)cc2F)n1C1CC[C@@H](C(C)(C)O)C1)NC1CCCCC1. The zero-order valence-corrected chi connectivity index (χ0v) is 20.5. The Bertz CT molecular complexity index is 1070. The fraction of sp³-hybridized carbons (Fsp3) is 0.538. The largest absolute Gasteiger partial charge is 0.390 e. The highest BCUT2D eigenvalue weighted by molar-refractivity contribution is 5.84. The molecule has 0 bridgehead atoms. The van der Waals surface area contributed by atoms with Crippen LogP contribution in [0.4, 0.5) is 26.2 Å². The molecule has 2 saturated carbocycles. The van der Waals surface area contributed by atoms with Crippen molar-refractivity contribution in [2.45, 2.75) is 82.9 Å². The number of halogens is 2. The minimum Gasteiger partial charge on any atom is -0.390 e. The normalized spacial score (nSPS) is 21.1. The summed E-state index contributed by atoms with van der Waals surface area (Å²) in [7, 11) is 0. The Balaban J connectivity index is 1.67. The Kier molecular flexibility index (Phi) is 7.44. The highest BCUT2D eigenvalue weighted by Crippen LogP contribution is 2.44. The van der Waals surface area contributed by atoms with Crippen molar-refractivity contribution >= 4 is 23.7 Å². The highest BCUT2D eigenvalue weighted by Gasteiger charge is 2.37. The Morgan fingerprint density at radius 2 is 1.94 bits per heavy atom. The van der Waals surface area contributed by atoms with E-state index in [1.165, 1.54) is 31.4 Å². The average Bonchev–Trinajstić information content (AvgIpc) is 3.41. The van der Waals surface area contributed by atoms with Gasteiger partial charge in [-0.1, -0.05) is 25.8 Å². The van der Waals surface area contributed by atoms with Gasteiger partial charge in [-0.15, -0.1) is 0 Å². The lowest BCUT2D eigenvalue weighted by atomic mass is 9.89. The van der Waals surface area contributed by atoms with E-state index in [-0.39, 0.29) is 17.6 Å². The second kappa shape index (κ2) is 10.4. The van der Waals surface area contributed by atoms with E-state index in [4.69, 9.17) is 5.41 Å². The van der Waals surface area contributed by atoms with Crippen molar-refractivity contribution in [3.8, 4) is 0 Å². The lowest BCUT2D eigenvalue weighted by molar-refractivity contribution is 0.0186. The summed E-state index contributed by atoms with van der Waals surface area (Å²) in [4.78, 5) is 4.57. The molecule has 9 heteroatoms. The molecule has 2 aromatic rings. The van der Waals surface area contributed by atoms with Gasteiger partial charge in [-0.2, -0.15) is 0 Å². The van der Waals surface area contributed by atoms with Crippen LogP contribution >= 0.6 is 0 Å². The van der Waals surface area contributed by atoms with Gasteiger partial charge in [-0.25, -0.2) is 13.8 Å². The van der Waals surface area contributed by atoms with Gasteiger partial charge in [0.2, 0.25) is 5.95 Å². The molecule has 1 unspecified atom stereocenters. The first-order valence-corrected chi connectivity index (χ1v) is 12.4. The molecule has 0 amide bonds. The van der Waals surface area contributed by atoms with Crippen LogP contribution in [0, 0.1) is 23.0 Å². The van der Waals surface area contributed by atoms with Crippen molar-refractivity contribution in [3.63, 3.8) is 0 Å². The highest BCUT2D eigenvalue weighted by atomic mass is 19.1. The van der Waals surface area contributed by atoms with Crippen LogP contribution in [0.3, 0.4) is 0 Å². The summed E-state index contributed by atoms with van der Waals surface area (Å²) in [6.07, 6.45) is 9.28. The van der Waals surface area contributed by atoms with E-state index in [1.54, 1.807) is 0 Å². The molecule has 2 aliphatic rings. The van der Waals surface area contributed by atoms with Crippen LogP contribution in [-0.2, 0) is 0 Å². The minimum absolute atomic E-state index is 0.0383. The number of imidazole rings is 1. The van der Waals surface area contributed by atoms with Gasteiger partial charge >= 0.3 is 0 Å². The van der Waals surface area contributed by atoms with Crippen LogP contribution in [-0.4, -0.2) is 32.5 Å². The molecular weight excluding hydrogens is 450 g/mol. The van der Waals surface area contributed by atoms with Crippen LogP contribution < -0.4 is 16.0 Å². The Morgan fingerprint density at radius 1 is 1.20 bits per heavy atom. The van der Waals surface area contributed by atoms with Crippen molar-refractivity contribution in [1.29, 1.82) is 5.41 Å². The fourth-order valence-electron chi connectivity index (χ4n) is 5.34. The lowest BCUT2D eigenvalue weighted by Crippen LogP contribution is -2.33. The van der Waals surface area contributed by atoms with Gasteiger partial charge in [-0.05, 0) is 64.0 Å². The molecule has 2 aliphatic carbocycles. The van der Waals surface area contributed by atoms with Gasteiger partial charge < -0.3 is 26.5 Å². The van der Waals surface area contributed by atoms with E-state index in [0.717, 1.165) is 38.0 Å². The second-order valence-electron chi connectivity index (χ2n) is 10.3. The monoisotopic (exact) mass is 486 g/mol. The molecule has 2 atom stereocenters. The van der Waals surface area contributed by atoms with Crippen molar-refractivity contribution in [1.82, 2.24) is 14.9 Å². The van der Waals surface area contributed by atoms with Crippen molar-refractivity contribution in [2.24, 2.45) is 5.92 Å². The van der Waals surface area contributed by atoms with Crippen LogP contribution in [0.1, 0.15) is 76.9 Å². The first kappa shape index (κ1) is 25.2. The molecule has 1 heterocycles. The third-order valence-electron chi connectivity index (χ3n) is 7.27. The quantitative estimate of drug-likeness (QED) is 0.288. The summed E-state index contributed by atoms with van der Waals surface area (Å²) in [6.45, 7) is 7.80. The summed E-state index contributed by atoms with van der Waals surface area (Å²) in [5.74, 6) is 0.258. The topological polar surface area (TPSA) is 98.0 Å². The molecule has 35 heavy (non-hydrogen) atoms. The van der Waals surface area contributed by atoms with E-state index >= 15 is 0 Å². The third-order valence-corrected chi connectivity index (χ3v) is 7.27. The smallest absolute Gasteiger partial charge is 0.209 e. The van der Waals surface area contributed by atoms with E-state index in [9.17, 15) is 13.9 Å². The molecule has 2 fully saturated rings. The molecule has 190 valence electrons. The number of rotatable bonds is 9. The van der Waals surface area contributed by atoms with Crippen LogP contribution in [0.25, 0.3) is 0 Å². The first-order valence-electron chi connectivity index (χ1n) is 12.4. The second-order valence-corrected chi connectivity index (χ2v) is 10.3. The van der Waals surface area contributed by atoms with Gasteiger partial charge in [0.25, 0.3) is 0 Å². The predicted molar refractivity (Wildman–Crippen MR) is 135 cm³/mol. The maximum Gasteiger partial charge on any atom is 0.209 e. The summed E-state index contributed by atoms with van der Waals surface area (Å²) in [5.41, 5.74) is -0.346. The van der Waals surface area contributed by atoms with Gasteiger partial charge in [0.15, 0.2) is 0 Å². The molecule has 0 saturated heterocycles. The molecule has 1 aromatic heterocycles. The molecule has 0 spiro atoms. The van der Waals surface area contributed by atoms with E-state index in [1.807, 2.05) is 18.4 Å². The number of hydrogen-bond acceptors (Lipinski definition) is 6. The summed E-state index contributed by atoms with van der Waals surface area (Å²) in [6, 6.07) is 3.65. The van der Waals surface area contributed by atoms with Crippen molar-refractivity contribution in [3.05, 3.63) is 47.9 Å². The Labute approximate surface area is 205 Å². The van der Waals surface area contributed by atoms with Crippen molar-refractivity contribution < 1.29 is 13.9 Å². The van der Waals surface area contributed by atoms with Crippen molar-refractivity contribution in [2.75, 3.05) is 10.6 Å². The fourth-order valence-corrected chi connectivity index (χ4v) is 5.34. The molecule has 0 aliphatic heterocycles. The zero-order chi connectivity index (χ0) is 25.2. The van der Waals surface area contributed by atoms with Gasteiger partial charge in [-0.3, -0.25) is 4.57 Å². The molecular formula is C26H36F2N6O. The molecule has 1 aromatic carbocycles. The molecule has 5 N–H and O–H groups in total. The van der Waals surface area contributed by atoms with Gasteiger partial charge in [0, 0.05) is 24.4 Å². The van der Waals surface area contributed by atoms with Crippen LogP contribution in [0.5, 0.6) is 0 Å². The van der Waals surface area contributed by atoms with E-state index < -0.39 is 17.2 Å². The Morgan fingerprint density at radius 3 is 2.57 bits per heavy atom. The standard InChI is InChI=1S/C26H36F2N6O/c1-16(30-19-7-5-4-6-8-19)31-24-23(15-29)33-25(32-22-12-10-18(27)14-21(22)28)34(24)20-11-9-17(13-20)26(2,3)35/h10,12,14-15,17,19-20,29-31,35H,1,4-9,11,13H2,2-3H3,(H,32,33)/t17-,20?/m1/s1. The first-order chi connectivity index (χ1) is 16.7. The zero-order valence-electron chi connectivity index (χ0n) is 20.5. The average molecular weight is 487 g/mol. The predicted octanol–water partition coefficient (Wildman–Crippen LogP) is 5.82. The number of nitrogens with one attached hydrogen (secondary N) is 4. The number of aliphatic hydroxyl groups is 1. The van der Waals surface area contributed by atoms with E-state index in [0.29, 0.717) is 35.7 Å².